The van der Waals surface area contributed by atoms with Crippen LogP contribution in [0.25, 0.3) is 0 Å². The summed E-state index contributed by atoms with van der Waals surface area (Å²) in [5.74, 6) is 0.259. The van der Waals surface area contributed by atoms with Gasteiger partial charge in [-0.15, -0.1) is 0 Å². The van der Waals surface area contributed by atoms with Gasteiger partial charge < -0.3 is 9.64 Å². The molecule has 156 valence electrons. The van der Waals surface area contributed by atoms with Gasteiger partial charge in [-0.2, -0.15) is 0 Å². The summed E-state index contributed by atoms with van der Waals surface area (Å²) in [6.07, 6.45) is 0. The Morgan fingerprint density at radius 3 is 2.55 bits per heavy atom. The Morgan fingerprint density at radius 2 is 1.90 bits per heavy atom. The first-order valence-electron chi connectivity index (χ1n) is 9.61. The van der Waals surface area contributed by atoms with E-state index in [1.165, 1.54) is 12.1 Å². The molecule has 0 radical (unpaired) electrons. The van der Waals surface area contributed by atoms with Gasteiger partial charge in [0.2, 0.25) is 0 Å². The maximum absolute atomic E-state index is 13.1. The van der Waals surface area contributed by atoms with Crippen LogP contribution in [0.2, 0.25) is 5.02 Å². The molecule has 2 atom stereocenters. The van der Waals surface area contributed by atoms with Crippen molar-refractivity contribution in [2.45, 2.75) is 39.4 Å². The van der Waals surface area contributed by atoms with E-state index in [2.05, 4.69) is 27.8 Å². The molecule has 29 heavy (non-hydrogen) atoms. The number of hydrogen-bond donors (Lipinski definition) is 0. The molecule has 0 bridgehead atoms. The summed E-state index contributed by atoms with van der Waals surface area (Å²) in [7, 11) is 0. The minimum Gasteiger partial charge on any atom is -0.482 e. The Kier molecular flexibility index (Phi) is 7.19. The van der Waals surface area contributed by atoms with Gasteiger partial charge in [0.1, 0.15) is 11.6 Å². The molecule has 0 aromatic heterocycles. The van der Waals surface area contributed by atoms with Crippen LogP contribution in [0.15, 0.2) is 40.9 Å². The number of hydrogen-bond acceptors (Lipinski definition) is 3. The first-order chi connectivity index (χ1) is 13.7. The van der Waals surface area contributed by atoms with Crippen molar-refractivity contribution in [2.75, 3.05) is 19.7 Å². The zero-order valence-corrected chi connectivity index (χ0v) is 19.1. The highest BCUT2D eigenvalue weighted by Crippen LogP contribution is 2.32. The molecule has 1 saturated heterocycles. The van der Waals surface area contributed by atoms with Gasteiger partial charge >= 0.3 is 0 Å². The number of aryl methyl sites for hydroxylation is 1. The number of carbonyl (C=O) groups is 1. The molecular weight excluding hydrogens is 459 g/mol. The van der Waals surface area contributed by atoms with Crippen LogP contribution in [-0.2, 0) is 11.3 Å². The largest absolute Gasteiger partial charge is 0.482 e. The van der Waals surface area contributed by atoms with Crippen LogP contribution < -0.4 is 4.74 Å². The summed E-state index contributed by atoms with van der Waals surface area (Å²) in [6, 6.07) is 10.5. The van der Waals surface area contributed by atoms with Crippen LogP contribution in [0, 0.1) is 12.7 Å². The molecular formula is C22H25BrClFN2O2. The number of nitrogens with zero attached hydrogens (tertiary/aromatic N) is 2. The van der Waals surface area contributed by atoms with E-state index in [0.29, 0.717) is 17.3 Å². The minimum absolute atomic E-state index is 0.0444. The second-order valence-electron chi connectivity index (χ2n) is 7.62. The average Bonchev–Trinajstić information content (AvgIpc) is 2.65. The lowest BCUT2D eigenvalue weighted by Crippen LogP contribution is -2.58. The van der Waals surface area contributed by atoms with E-state index in [1.54, 1.807) is 6.07 Å². The second-order valence-corrected chi connectivity index (χ2v) is 8.95. The summed E-state index contributed by atoms with van der Waals surface area (Å²) in [5, 5.41) is 0.482. The molecule has 0 unspecified atom stereocenters. The number of rotatable bonds is 5. The van der Waals surface area contributed by atoms with Crippen molar-refractivity contribution in [3.63, 3.8) is 0 Å². The van der Waals surface area contributed by atoms with E-state index >= 15 is 0 Å². The van der Waals surface area contributed by atoms with Gasteiger partial charge in [0.25, 0.3) is 5.91 Å². The van der Waals surface area contributed by atoms with Gasteiger partial charge in [0.15, 0.2) is 6.61 Å². The lowest BCUT2D eigenvalue weighted by molar-refractivity contribution is -0.139. The highest BCUT2D eigenvalue weighted by Gasteiger charge is 2.32. The Balaban J connectivity index is 1.59. The molecule has 1 amide bonds. The Labute approximate surface area is 184 Å². The zero-order valence-electron chi connectivity index (χ0n) is 16.8. The van der Waals surface area contributed by atoms with E-state index in [-0.39, 0.29) is 30.4 Å². The smallest absolute Gasteiger partial charge is 0.260 e. The number of halogens is 3. The van der Waals surface area contributed by atoms with E-state index in [1.807, 2.05) is 36.9 Å². The summed E-state index contributed by atoms with van der Waals surface area (Å²) in [5.41, 5.74) is 1.94. The fraction of sp³-hybridized carbons (Fsp3) is 0.409. The van der Waals surface area contributed by atoms with Crippen LogP contribution >= 0.6 is 27.5 Å². The fourth-order valence-electron chi connectivity index (χ4n) is 3.68. The summed E-state index contributed by atoms with van der Waals surface area (Å²) >= 11 is 9.65. The van der Waals surface area contributed by atoms with Crippen molar-refractivity contribution in [3.8, 4) is 5.75 Å². The third-order valence-corrected chi connectivity index (χ3v) is 6.01. The molecule has 1 fully saturated rings. The zero-order chi connectivity index (χ0) is 21.1. The normalized spacial score (nSPS) is 20.0. The number of amides is 1. The van der Waals surface area contributed by atoms with Crippen molar-refractivity contribution in [1.29, 1.82) is 0 Å². The van der Waals surface area contributed by atoms with Crippen LogP contribution in [0.4, 0.5) is 4.39 Å². The number of carbonyl (C=O) groups excluding carboxylic acids is 1. The van der Waals surface area contributed by atoms with Gasteiger partial charge in [0, 0.05) is 36.2 Å². The quantitative estimate of drug-likeness (QED) is 0.597. The monoisotopic (exact) mass is 482 g/mol. The molecule has 2 aromatic carbocycles. The summed E-state index contributed by atoms with van der Waals surface area (Å²) < 4.78 is 19.8. The molecule has 0 aliphatic carbocycles. The van der Waals surface area contributed by atoms with Crippen LogP contribution in [0.1, 0.15) is 25.0 Å². The van der Waals surface area contributed by atoms with E-state index in [0.717, 1.165) is 28.7 Å². The maximum atomic E-state index is 13.1. The number of benzene rings is 2. The summed E-state index contributed by atoms with van der Waals surface area (Å²) in [6.45, 7) is 8.11. The lowest BCUT2D eigenvalue weighted by Gasteiger charge is -2.44. The predicted octanol–water partition coefficient (Wildman–Crippen LogP) is 5.05. The molecule has 3 rings (SSSR count). The first-order valence-corrected chi connectivity index (χ1v) is 10.8. The highest BCUT2D eigenvalue weighted by atomic mass is 79.9. The molecule has 2 aromatic rings. The Hall–Kier alpha value is -1.63. The molecule has 0 N–H and O–H groups in total. The predicted molar refractivity (Wildman–Crippen MR) is 117 cm³/mol. The maximum Gasteiger partial charge on any atom is 0.260 e. The molecule has 4 nitrogen and oxygen atoms in total. The molecule has 0 spiro atoms. The highest BCUT2D eigenvalue weighted by molar-refractivity contribution is 9.10. The standard InChI is InChI=1S/C22H25BrClFN2O2/c1-14-8-18(23)9-20(24)22(14)29-13-21(28)27-11-15(2)26(10-16(27)3)12-17-4-6-19(25)7-5-17/h4-9,15-16H,10-13H2,1-3H3/t15-,16+/m0/s1. The topological polar surface area (TPSA) is 32.8 Å². The number of ether oxygens (including phenoxy) is 1. The molecule has 1 heterocycles. The van der Waals surface area contributed by atoms with Crippen molar-refractivity contribution in [3.05, 3.63) is 62.8 Å². The van der Waals surface area contributed by atoms with Gasteiger partial charge in [0.05, 0.1) is 5.02 Å². The van der Waals surface area contributed by atoms with E-state index in [4.69, 9.17) is 16.3 Å². The molecule has 1 aliphatic rings. The number of piperazine rings is 1. The molecule has 1 aliphatic heterocycles. The van der Waals surface area contributed by atoms with Crippen molar-refractivity contribution < 1.29 is 13.9 Å². The van der Waals surface area contributed by atoms with Gasteiger partial charge in [-0.05, 0) is 56.2 Å². The van der Waals surface area contributed by atoms with E-state index in [9.17, 15) is 9.18 Å². The summed E-state index contributed by atoms with van der Waals surface area (Å²) in [4.78, 5) is 17.0. The van der Waals surface area contributed by atoms with Crippen LogP contribution in [0.5, 0.6) is 5.75 Å². The SMILES string of the molecule is Cc1cc(Br)cc(Cl)c1OCC(=O)N1C[C@H](C)N(Cc2ccc(F)cc2)C[C@H]1C. The first kappa shape index (κ1) is 22.1. The van der Waals surface area contributed by atoms with E-state index < -0.39 is 0 Å². The Bertz CT molecular complexity index is 855. The van der Waals surface area contributed by atoms with Crippen molar-refractivity contribution in [1.82, 2.24) is 9.80 Å². The van der Waals surface area contributed by atoms with Crippen molar-refractivity contribution in [2.24, 2.45) is 0 Å². The molecule has 0 saturated carbocycles. The van der Waals surface area contributed by atoms with Gasteiger partial charge in [-0.1, -0.05) is 39.7 Å². The van der Waals surface area contributed by atoms with Gasteiger partial charge in [-0.25, -0.2) is 4.39 Å². The Morgan fingerprint density at radius 1 is 1.21 bits per heavy atom. The van der Waals surface area contributed by atoms with Crippen LogP contribution in [-0.4, -0.2) is 47.5 Å². The fourth-order valence-corrected chi connectivity index (χ4v) is 4.70. The molecule has 7 heteroatoms. The average molecular weight is 484 g/mol. The van der Waals surface area contributed by atoms with Gasteiger partial charge in [-0.3, -0.25) is 9.69 Å². The van der Waals surface area contributed by atoms with Crippen LogP contribution in [0.3, 0.4) is 0 Å². The minimum atomic E-state index is -0.230. The van der Waals surface area contributed by atoms with Crippen molar-refractivity contribution >= 4 is 33.4 Å². The lowest BCUT2D eigenvalue weighted by atomic mass is 10.1. The second kappa shape index (κ2) is 9.45. The third kappa shape index (κ3) is 5.50. The third-order valence-electron chi connectivity index (χ3n) is 5.27.